The summed E-state index contributed by atoms with van der Waals surface area (Å²) in [7, 11) is 7.55. The molecule has 0 aromatic heterocycles. The van der Waals surface area contributed by atoms with Crippen LogP contribution in [0.15, 0.2) is 18.2 Å². The van der Waals surface area contributed by atoms with Gasteiger partial charge < -0.3 is 19.5 Å². The summed E-state index contributed by atoms with van der Waals surface area (Å²) < 4.78 is 11.0. The van der Waals surface area contributed by atoms with Crippen molar-refractivity contribution in [3.05, 3.63) is 23.8 Å². The summed E-state index contributed by atoms with van der Waals surface area (Å²) in [5, 5.41) is 9.57. The van der Waals surface area contributed by atoms with Gasteiger partial charge in [-0.25, -0.2) is 0 Å². The number of hydrogen-bond acceptors (Lipinski definition) is 5. The summed E-state index contributed by atoms with van der Waals surface area (Å²) in [6, 6.07) is 6.27. The van der Waals surface area contributed by atoms with Crippen LogP contribution in [0.4, 0.5) is 0 Å². The largest absolute Gasteiger partial charge is 0.496 e. The van der Waals surface area contributed by atoms with Gasteiger partial charge in [0.1, 0.15) is 11.5 Å². The first kappa shape index (κ1) is 17.1. The van der Waals surface area contributed by atoms with Crippen LogP contribution >= 0.6 is 0 Å². The van der Waals surface area contributed by atoms with Gasteiger partial charge in [0, 0.05) is 25.7 Å². The predicted molar refractivity (Wildman–Crippen MR) is 87.5 cm³/mol. The molecule has 124 valence electrons. The minimum atomic E-state index is 0.259. The van der Waals surface area contributed by atoms with Gasteiger partial charge in [0.15, 0.2) is 0 Å². The summed E-state index contributed by atoms with van der Waals surface area (Å²) in [5.74, 6) is 2.08. The zero-order valence-electron chi connectivity index (χ0n) is 14.1. The van der Waals surface area contributed by atoms with E-state index in [4.69, 9.17) is 9.47 Å². The number of aliphatic hydroxyl groups is 1. The zero-order valence-corrected chi connectivity index (χ0v) is 14.1. The van der Waals surface area contributed by atoms with Crippen molar-refractivity contribution < 1.29 is 14.6 Å². The summed E-state index contributed by atoms with van der Waals surface area (Å²) in [6.07, 6.45) is 1.01. The van der Waals surface area contributed by atoms with Gasteiger partial charge in [-0.2, -0.15) is 0 Å². The van der Waals surface area contributed by atoms with Crippen LogP contribution in [0.1, 0.15) is 12.0 Å². The lowest BCUT2D eigenvalue weighted by Crippen LogP contribution is -2.51. The van der Waals surface area contributed by atoms with Crippen LogP contribution in [0.25, 0.3) is 0 Å². The van der Waals surface area contributed by atoms with Crippen molar-refractivity contribution in [1.82, 2.24) is 9.80 Å². The number of likely N-dealkylation sites (tertiary alicyclic amines) is 1. The first-order chi connectivity index (χ1) is 10.6. The van der Waals surface area contributed by atoms with Crippen LogP contribution in [-0.2, 0) is 6.54 Å². The number of ether oxygens (including phenoxy) is 2. The molecule has 0 spiro atoms. The normalized spacial score (nSPS) is 22.8. The Morgan fingerprint density at radius 2 is 1.86 bits per heavy atom. The third-order valence-corrected chi connectivity index (χ3v) is 4.61. The summed E-state index contributed by atoms with van der Waals surface area (Å²) in [4.78, 5) is 4.63. The highest BCUT2D eigenvalue weighted by Crippen LogP contribution is 2.31. The van der Waals surface area contributed by atoms with E-state index in [0.717, 1.165) is 43.1 Å². The van der Waals surface area contributed by atoms with Gasteiger partial charge in [-0.15, -0.1) is 0 Å². The lowest BCUT2D eigenvalue weighted by atomic mass is 9.91. The van der Waals surface area contributed by atoms with Gasteiger partial charge >= 0.3 is 0 Å². The Labute approximate surface area is 133 Å². The lowest BCUT2D eigenvalue weighted by molar-refractivity contribution is 0.0455. The molecule has 1 aromatic carbocycles. The smallest absolute Gasteiger partial charge is 0.127 e. The lowest BCUT2D eigenvalue weighted by Gasteiger charge is -2.41. The summed E-state index contributed by atoms with van der Waals surface area (Å²) in [5.41, 5.74) is 1.09. The SMILES string of the molecule is COc1cccc(OC)c1CN1CC[C@H](CO)[C@H](N(C)C)C1. The zero-order chi connectivity index (χ0) is 16.1. The maximum Gasteiger partial charge on any atom is 0.127 e. The Morgan fingerprint density at radius 1 is 1.23 bits per heavy atom. The topological polar surface area (TPSA) is 45.2 Å². The molecule has 0 aliphatic carbocycles. The Balaban J connectivity index is 2.14. The second kappa shape index (κ2) is 7.81. The molecule has 1 aliphatic heterocycles. The van der Waals surface area contributed by atoms with E-state index in [-0.39, 0.29) is 6.61 Å². The Kier molecular flexibility index (Phi) is 6.06. The van der Waals surface area contributed by atoms with Crippen molar-refractivity contribution in [3.8, 4) is 11.5 Å². The van der Waals surface area contributed by atoms with Crippen molar-refractivity contribution in [2.45, 2.75) is 19.0 Å². The van der Waals surface area contributed by atoms with Crippen molar-refractivity contribution in [3.63, 3.8) is 0 Å². The number of aliphatic hydroxyl groups excluding tert-OH is 1. The average molecular weight is 308 g/mol. The molecule has 1 aliphatic rings. The third kappa shape index (κ3) is 3.72. The van der Waals surface area contributed by atoms with E-state index in [9.17, 15) is 5.11 Å². The first-order valence-corrected chi connectivity index (χ1v) is 7.80. The molecule has 1 aromatic rings. The van der Waals surface area contributed by atoms with Gasteiger partial charge in [-0.05, 0) is 45.1 Å². The Morgan fingerprint density at radius 3 is 2.36 bits per heavy atom. The number of benzene rings is 1. The average Bonchev–Trinajstić information content (AvgIpc) is 2.54. The Hall–Kier alpha value is -1.30. The number of rotatable bonds is 6. The fourth-order valence-electron chi connectivity index (χ4n) is 3.29. The first-order valence-electron chi connectivity index (χ1n) is 7.80. The van der Waals surface area contributed by atoms with Crippen LogP contribution in [0.2, 0.25) is 0 Å². The fraction of sp³-hybridized carbons (Fsp3) is 0.647. The molecule has 2 atom stereocenters. The van der Waals surface area contributed by atoms with Crippen molar-refractivity contribution in [2.24, 2.45) is 5.92 Å². The molecule has 1 N–H and O–H groups in total. The quantitative estimate of drug-likeness (QED) is 0.862. The highest BCUT2D eigenvalue weighted by Gasteiger charge is 2.30. The molecular formula is C17H28N2O3. The van der Waals surface area contributed by atoms with Crippen molar-refractivity contribution in [2.75, 3.05) is 48.0 Å². The highest BCUT2D eigenvalue weighted by molar-refractivity contribution is 5.44. The van der Waals surface area contributed by atoms with Crippen LogP contribution in [0.5, 0.6) is 11.5 Å². The third-order valence-electron chi connectivity index (χ3n) is 4.61. The fourth-order valence-corrected chi connectivity index (χ4v) is 3.29. The highest BCUT2D eigenvalue weighted by atomic mass is 16.5. The molecule has 22 heavy (non-hydrogen) atoms. The van der Waals surface area contributed by atoms with Crippen molar-refractivity contribution in [1.29, 1.82) is 0 Å². The van der Waals surface area contributed by atoms with E-state index < -0.39 is 0 Å². The molecule has 1 saturated heterocycles. The van der Waals surface area contributed by atoms with Crippen molar-refractivity contribution >= 4 is 0 Å². The molecule has 5 nitrogen and oxygen atoms in total. The second-order valence-electron chi connectivity index (χ2n) is 6.14. The molecule has 0 saturated carbocycles. The van der Waals surface area contributed by atoms with E-state index >= 15 is 0 Å². The predicted octanol–water partition coefficient (Wildman–Crippen LogP) is 1.45. The second-order valence-corrected chi connectivity index (χ2v) is 6.14. The van der Waals surface area contributed by atoms with Gasteiger partial charge in [-0.3, -0.25) is 4.90 Å². The molecular weight excluding hydrogens is 280 g/mol. The molecule has 0 bridgehead atoms. The molecule has 5 heteroatoms. The standard InChI is InChI=1S/C17H28N2O3/c1-18(2)15-11-19(9-8-13(15)12-20)10-14-16(21-3)6-5-7-17(14)22-4/h5-7,13,15,20H,8-12H2,1-4H3/t13-,15-/m1/s1. The van der Waals surface area contributed by atoms with Gasteiger partial charge in [0.05, 0.1) is 19.8 Å². The molecule has 0 amide bonds. The van der Waals surface area contributed by atoms with Crippen LogP contribution in [0.3, 0.4) is 0 Å². The molecule has 0 unspecified atom stereocenters. The number of nitrogens with zero attached hydrogens (tertiary/aromatic N) is 2. The van der Waals surface area contributed by atoms with Crippen LogP contribution < -0.4 is 9.47 Å². The number of piperidine rings is 1. The maximum absolute atomic E-state index is 9.57. The summed E-state index contributed by atoms with van der Waals surface area (Å²) >= 11 is 0. The van der Waals surface area contributed by atoms with Crippen LogP contribution in [0, 0.1) is 5.92 Å². The van der Waals surface area contributed by atoms with E-state index in [0.29, 0.717) is 12.0 Å². The van der Waals surface area contributed by atoms with E-state index in [1.165, 1.54) is 0 Å². The monoisotopic (exact) mass is 308 g/mol. The molecule has 1 heterocycles. The Bertz CT molecular complexity index is 457. The van der Waals surface area contributed by atoms with Gasteiger partial charge in [0.2, 0.25) is 0 Å². The van der Waals surface area contributed by atoms with E-state index in [1.54, 1.807) is 14.2 Å². The molecule has 0 radical (unpaired) electrons. The van der Waals surface area contributed by atoms with Crippen LogP contribution in [-0.4, -0.2) is 69.0 Å². The van der Waals surface area contributed by atoms with E-state index in [2.05, 4.69) is 23.9 Å². The number of methoxy groups -OCH3 is 2. The number of likely N-dealkylation sites (N-methyl/N-ethyl adjacent to an activating group) is 1. The number of hydrogen-bond donors (Lipinski definition) is 1. The maximum atomic E-state index is 9.57. The molecule has 2 rings (SSSR count). The van der Waals surface area contributed by atoms with Gasteiger partial charge in [-0.1, -0.05) is 6.07 Å². The van der Waals surface area contributed by atoms with Gasteiger partial charge in [0.25, 0.3) is 0 Å². The minimum Gasteiger partial charge on any atom is -0.496 e. The minimum absolute atomic E-state index is 0.259. The summed E-state index contributed by atoms with van der Waals surface area (Å²) in [6.45, 7) is 2.99. The van der Waals surface area contributed by atoms with E-state index in [1.807, 2.05) is 18.2 Å². The molecule has 1 fully saturated rings.